The van der Waals surface area contributed by atoms with E-state index < -0.39 is 0 Å². The number of fused-ring (bicyclic) bond motifs is 1. The average Bonchev–Trinajstić information content (AvgIpc) is 2.91. The highest BCUT2D eigenvalue weighted by Gasteiger charge is 2.46. The third-order valence-electron chi connectivity index (χ3n) is 4.74. The highest BCUT2D eigenvalue weighted by molar-refractivity contribution is 5.38. The fraction of sp³-hybridized carbons (Fsp3) is 0.667. The van der Waals surface area contributed by atoms with Crippen molar-refractivity contribution in [2.24, 2.45) is 0 Å². The molecule has 104 valence electrons. The van der Waals surface area contributed by atoms with E-state index in [-0.39, 0.29) is 5.41 Å². The van der Waals surface area contributed by atoms with Crippen molar-refractivity contribution in [3.63, 3.8) is 0 Å². The first kappa shape index (κ1) is 12.7. The molecule has 1 aromatic rings. The second-order valence-corrected chi connectivity index (χ2v) is 5.57. The molecule has 3 rings (SSSR count). The van der Waals surface area contributed by atoms with Crippen LogP contribution in [0, 0.1) is 0 Å². The molecule has 1 N–H and O–H groups in total. The quantitative estimate of drug-likeness (QED) is 0.907. The van der Waals surface area contributed by atoms with E-state index in [0.717, 1.165) is 6.54 Å². The van der Waals surface area contributed by atoms with E-state index in [2.05, 4.69) is 11.4 Å². The Hall–Kier alpha value is -1.29. The van der Waals surface area contributed by atoms with Crippen LogP contribution in [0.3, 0.4) is 0 Å². The van der Waals surface area contributed by atoms with Gasteiger partial charge in [-0.25, -0.2) is 4.98 Å². The van der Waals surface area contributed by atoms with Gasteiger partial charge < -0.3 is 14.8 Å². The molecule has 1 aliphatic heterocycles. The van der Waals surface area contributed by atoms with E-state index in [4.69, 9.17) is 14.5 Å². The van der Waals surface area contributed by atoms with Crippen molar-refractivity contribution in [2.75, 3.05) is 20.8 Å². The maximum absolute atomic E-state index is 5.36. The third-order valence-corrected chi connectivity index (χ3v) is 4.74. The number of hydrogen-bond acceptors (Lipinski definition) is 4. The van der Waals surface area contributed by atoms with Crippen molar-refractivity contribution >= 4 is 0 Å². The molecule has 0 bridgehead atoms. The zero-order valence-electron chi connectivity index (χ0n) is 11.7. The lowest BCUT2D eigenvalue weighted by Crippen LogP contribution is -2.43. The predicted octanol–water partition coefficient (Wildman–Crippen LogP) is 2.27. The topological polar surface area (TPSA) is 43.4 Å². The lowest BCUT2D eigenvalue weighted by atomic mass is 9.68. The van der Waals surface area contributed by atoms with Crippen molar-refractivity contribution < 1.29 is 9.47 Å². The summed E-state index contributed by atoms with van der Waals surface area (Å²) in [5.74, 6) is 1.31. The Morgan fingerprint density at radius 3 is 2.89 bits per heavy atom. The van der Waals surface area contributed by atoms with Crippen LogP contribution in [0.4, 0.5) is 0 Å². The minimum atomic E-state index is 0.206. The maximum Gasteiger partial charge on any atom is 0.256 e. The van der Waals surface area contributed by atoms with Crippen molar-refractivity contribution in [3.8, 4) is 11.6 Å². The molecule has 4 nitrogen and oxygen atoms in total. The molecular weight excluding hydrogens is 240 g/mol. The number of rotatable bonds is 3. The van der Waals surface area contributed by atoms with Crippen molar-refractivity contribution in [1.29, 1.82) is 0 Å². The predicted molar refractivity (Wildman–Crippen MR) is 73.9 cm³/mol. The molecule has 1 aliphatic carbocycles. The smallest absolute Gasteiger partial charge is 0.256 e. The number of aromatic nitrogens is 1. The number of hydrogen-bond donors (Lipinski definition) is 1. The third kappa shape index (κ3) is 1.98. The molecule has 0 radical (unpaired) electrons. The zero-order chi connectivity index (χ0) is 13.3. The second kappa shape index (κ2) is 5.00. The minimum absolute atomic E-state index is 0.206. The Kier molecular flexibility index (Phi) is 3.35. The van der Waals surface area contributed by atoms with Crippen molar-refractivity contribution in [2.45, 2.75) is 43.6 Å². The number of nitrogens with one attached hydrogen (secondary N) is 1. The molecule has 1 saturated carbocycles. The molecule has 2 heterocycles. The Labute approximate surface area is 114 Å². The number of ether oxygens (including phenoxy) is 2. The standard InChI is InChI=1S/C15H22N2O2/c1-18-11-6-7-13(17-14(11)19-2)15-8-4-3-5-12(15)16-10-9-15/h6-7,12,16H,3-5,8-10H2,1-2H3. The van der Waals surface area contributed by atoms with Gasteiger partial charge in [-0.1, -0.05) is 12.8 Å². The first-order chi connectivity index (χ1) is 9.30. The van der Waals surface area contributed by atoms with Crippen molar-refractivity contribution in [1.82, 2.24) is 10.3 Å². The van der Waals surface area contributed by atoms with Gasteiger partial charge in [0, 0.05) is 11.5 Å². The monoisotopic (exact) mass is 262 g/mol. The van der Waals surface area contributed by atoms with E-state index in [0.29, 0.717) is 17.7 Å². The Morgan fingerprint density at radius 2 is 2.11 bits per heavy atom. The van der Waals surface area contributed by atoms with Crippen LogP contribution in [0.5, 0.6) is 11.6 Å². The minimum Gasteiger partial charge on any atom is -0.491 e. The molecule has 1 saturated heterocycles. The molecule has 4 heteroatoms. The molecule has 2 unspecified atom stereocenters. The van der Waals surface area contributed by atoms with Crippen LogP contribution >= 0.6 is 0 Å². The Bertz CT molecular complexity index is 463. The molecule has 0 spiro atoms. The van der Waals surface area contributed by atoms with E-state index in [1.807, 2.05) is 6.07 Å². The van der Waals surface area contributed by atoms with Gasteiger partial charge in [-0.05, 0) is 37.9 Å². The highest BCUT2D eigenvalue weighted by atomic mass is 16.5. The maximum atomic E-state index is 5.36. The summed E-state index contributed by atoms with van der Waals surface area (Å²) in [6.45, 7) is 1.10. The summed E-state index contributed by atoms with van der Waals surface area (Å²) in [4.78, 5) is 4.73. The summed E-state index contributed by atoms with van der Waals surface area (Å²) < 4.78 is 10.6. The number of pyridine rings is 1. The highest BCUT2D eigenvalue weighted by Crippen LogP contribution is 2.45. The summed E-state index contributed by atoms with van der Waals surface area (Å²) in [5, 5.41) is 3.65. The van der Waals surface area contributed by atoms with Gasteiger partial charge in [-0.15, -0.1) is 0 Å². The fourth-order valence-corrected chi connectivity index (χ4v) is 3.75. The fourth-order valence-electron chi connectivity index (χ4n) is 3.75. The van der Waals surface area contributed by atoms with Gasteiger partial charge in [0.2, 0.25) is 0 Å². The van der Waals surface area contributed by atoms with Crippen LogP contribution in [-0.2, 0) is 5.41 Å². The van der Waals surface area contributed by atoms with Crippen LogP contribution in [0.15, 0.2) is 12.1 Å². The van der Waals surface area contributed by atoms with Crippen LogP contribution in [0.25, 0.3) is 0 Å². The average molecular weight is 262 g/mol. The van der Waals surface area contributed by atoms with Crippen molar-refractivity contribution in [3.05, 3.63) is 17.8 Å². The molecule has 1 aromatic heterocycles. The first-order valence-corrected chi connectivity index (χ1v) is 7.13. The van der Waals surface area contributed by atoms with Crippen LogP contribution in [0.1, 0.15) is 37.8 Å². The van der Waals surface area contributed by atoms with E-state index in [1.165, 1.54) is 37.8 Å². The number of nitrogens with zero attached hydrogens (tertiary/aromatic N) is 1. The molecule has 2 atom stereocenters. The largest absolute Gasteiger partial charge is 0.491 e. The molecule has 0 aromatic carbocycles. The van der Waals surface area contributed by atoms with E-state index in [1.54, 1.807) is 14.2 Å². The normalized spacial score (nSPS) is 29.9. The van der Waals surface area contributed by atoms with Gasteiger partial charge in [-0.3, -0.25) is 0 Å². The van der Waals surface area contributed by atoms with Gasteiger partial charge >= 0.3 is 0 Å². The molecule has 2 aliphatic rings. The zero-order valence-corrected chi connectivity index (χ0v) is 11.7. The molecule has 0 amide bonds. The lowest BCUT2D eigenvalue weighted by molar-refractivity contribution is 0.256. The van der Waals surface area contributed by atoms with E-state index >= 15 is 0 Å². The lowest BCUT2D eigenvalue weighted by Gasteiger charge is -2.38. The number of methoxy groups -OCH3 is 2. The summed E-state index contributed by atoms with van der Waals surface area (Å²) in [5.41, 5.74) is 1.37. The molecule has 19 heavy (non-hydrogen) atoms. The summed E-state index contributed by atoms with van der Waals surface area (Å²) >= 11 is 0. The van der Waals surface area contributed by atoms with E-state index in [9.17, 15) is 0 Å². The Morgan fingerprint density at radius 1 is 1.21 bits per heavy atom. The Balaban J connectivity index is 2.00. The molecule has 2 fully saturated rings. The van der Waals surface area contributed by atoms with Gasteiger partial charge in [0.25, 0.3) is 5.88 Å². The second-order valence-electron chi connectivity index (χ2n) is 5.57. The van der Waals surface area contributed by atoms with Gasteiger partial charge in [0.1, 0.15) is 0 Å². The summed E-state index contributed by atoms with van der Waals surface area (Å²) in [7, 11) is 3.30. The van der Waals surface area contributed by atoms with Gasteiger partial charge in [0.05, 0.1) is 19.9 Å². The summed E-state index contributed by atoms with van der Waals surface area (Å²) in [6.07, 6.45) is 6.30. The first-order valence-electron chi connectivity index (χ1n) is 7.13. The van der Waals surface area contributed by atoms with Crippen LogP contribution < -0.4 is 14.8 Å². The SMILES string of the molecule is COc1ccc(C23CCCCC2NCC3)nc1OC. The van der Waals surface area contributed by atoms with Crippen LogP contribution in [0.2, 0.25) is 0 Å². The summed E-state index contributed by atoms with van der Waals surface area (Å²) in [6, 6.07) is 4.68. The molecular formula is C15H22N2O2. The van der Waals surface area contributed by atoms with Gasteiger partial charge in [0.15, 0.2) is 5.75 Å². The van der Waals surface area contributed by atoms with Crippen LogP contribution in [-0.4, -0.2) is 31.8 Å². The van der Waals surface area contributed by atoms with Gasteiger partial charge in [-0.2, -0.15) is 0 Å².